The Morgan fingerprint density at radius 2 is 1.89 bits per heavy atom. The van der Waals surface area contributed by atoms with Crippen molar-refractivity contribution >= 4 is 17.4 Å². The van der Waals surface area contributed by atoms with Crippen LogP contribution in [-0.4, -0.2) is 67.5 Å². The van der Waals surface area contributed by atoms with Gasteiger partial charge in [0.25, 0.3) is 11.7 Å². The van der Waals surface area contributed by atoms with Crippen molar-refractivity contribution in [2.75, 3.05) is 40.9 Å². The van der Waals surface area contributed by atoms with Crippen LogP contribution in [0.1, 0.15) is 61.4 Å². The second-order valence-electron chi connectivity index (χ2n) is 9.78. The minimum Gasteiger partial charge on any atom is -0.507 e. The van der Waals surface area contributed by atoms with Gasteiger partial charge in [0.2, 0.25) is 0 Å². The standard InChI is InChI=1S/C29H38N2O5/c1-8-14-36-21-11-9-10-20(16-21)26-25(28(33)29(34)31(26)13-12-30(5)6)27(32)23-17-22(18(2)3)24(35-7)15-19(23)4/h9-11,15-18,26,32H,8,12-14H2,1-7H3/b27-25+. The van der Waals surface area contributed by atoms with E-state index in [1.54, 1.807) is 12.0 Å². The minimum atomic E-state index is -0.723. The molecular formula is C29H38N2O5. The molecule has 36 heavy (non-hydrogen) atoms. The van der Waals surface area contributed by atoms with Gasteiger partial charge in [-0.05, 0) is 74.3 Å². The molecule has 0 aromatic heterocycles. The summed E-state index contributed by atoms with van der Waals surface area (Å²) in [5, 5.41) is 11.6. The molecule has 0 aliphatic carbocycles. The van der Waals surface area contributed by atoms with Gasteiger partial charge in [0.1, 0.15) is 17.3 Å². The van der Waals surface area contributed by atoms with Crippen LogP contribution >= 0.6 is 0 Å². The molecule has 1 unspecified atom stereocenters. The quantitative estimate of drug-likeness (QED) is 0.288. The molecule has 7 nitrogen and oxygen atoms in total. The highest BCUT2D eigenvalue weighted by molar-refractivity contribution is 6.46. The van der Waals surface area contributed by atoms with Crippen LogP contribution in [0.15, 0.2) is 42.0 Å². The predicted molar refractivity (Wildman–Crippen MR) is 142 cm³/mol. The number of ether oxygens (including phenoxy) is 2. The summed E-state index contributed by atoms with van der Waals surface area (Å²) < 4.78 is 11.4. The van der Waals surface area contributed by atoms with Crippen LogP contribution in [0, 0.1) is 6.92 Å². The van der Waals surface area contributed by atoms with E-state index in [1.165, 1.54) is 0 Å². The monoisotopic (exact) mass is 494 g/mol. The SMILES string of the molecule is CCCOc1cccc(C2/C(=C(\O)c3cc(C(C)C)c(OC)cc3C)C(=O)C(=O)N2CCN(C)C)c1. The second kappa shape index (κ2) is 11.6. The lowest BCUT2D eigenvalue weighted by Crippen LogP contribution is -2.35. The zero-order chi connectivity index (χ0) is 26.6. The summed E-state index contributed by atoms with van der Waals surface area (Å²) in [6, 6.07) is 10.4. The van der Waals surface area contributed by atoms with E-state index in [1.807, 2.05) is 83.1 Å². The normalized spacial score (nSPS) is 17.4. The molecule has 1 N–H and O–H groups in total. The number of aliphatic hydroxyl groups is 1. The van der Waals surface area contributed by atoms with E-state index in [0.717, 1.165) is 28.9 Å². The van der Waals surface area contributed by atoms with Gasteiger partial charge in [-0.25, -0.2) is 0 Å². The van der Waals surface area contributed by atoms with Crippen LogP contribution < -0.4 is 9.47 Å². The number of carbonyl (C=O) groups is 2. The molecule has 1 heterocycles. The maximum Gasteiger partial charge on any atom is 0.295 e. The predicted octanol–water partition coefficient (Wildman–Crippen LogP) is 4.90. The van der Waals surface area contributed by atoms with Crippen LogP contribution in [0.3, 0.4) is 0 Å². The van der Waals surface area contributed by atoms with Gasteiger partial charge in [0.05, 0.1) is 25.3 Å². The van der Waals surface area contributed by atoms with Crippen molar-refractivity contribution in [2.45, 2.75) is 46.1 Å². The number of aryl methyl sites for hydroxylation is 1. The van der Waals surface area contributed by atoms with Crippen LogP contribution in [0.25, 0.3) is 5.76 Å². The Kier molecular flexibility index (Phi) is 8.79. The first-order valence-electron chi connectivity index (χ1n) is 12.4. The first-order valence-corrected chi connectivity index (χ1v) is 12.4. The second-order valence-corrected chi connectivity index (χ2v) is 9.78. The largest absolute Gasteiger partial charge is 0.507 e. The highest BCUT2D eigenvalue weighted by atomic mass is 16.5. The molecule has 0 spiro atoms. The van der Waals surface area contributed by atoms with Crippen molar-refractivity contribution in [3.8, 4) is 11.5 Å². The number of ketones is 1. The summed E-state index contributed by atoms with van der Waals surface area (Å²) in [5.41, 5.74) is 3.01. The molecule has 1 fully saturated rings. The third kappa shape index (κ3) is 5.57. The number of methoxy groups -OCH3 is 1. The summed E-state index contributed by atoms with van der Waals surface area (Å²) in [6.07, 6.45) is 0.862. The molecule has 2 aromatic rings. The Balaban J connectivity index is 2.22. The third-order valence-electron chi connectivity index (χ3n) is 6.43. The first-order chi connectivity index (χ1) is 17.1. The van der Waals surface area contributed by atoms with Crippen molar-refractivity contribution in [2.24, 2.45) is 0 Å². The van der Waals surface area contributed by atoms with Crippen molar-refractivity contribution in [1.82, 2.24) is 9.80 Å². The molecule has 3 rings (SSSR count). The summed E-state index contributed by atoms with van der Waals surface area (Å²) >= 11 is 0. The van der Waals surface area contributed by atoms with Gasteiger partial charge in [-0.3, -0.25) is 9.59 Å². The van der Waals surface area contributed by atoms with E-state index < -0.39 is 17.7 Å². The number of Topliss-reactive ketones (excluding diaryl/α,β-unsaturated/α-hetero) is 1. The molecule has 0 saturated carbocycles. The van der Waals surface area contributed by atoms with Crippen LogP contribution in [0.4, 0.5) is 0 Å². The fourth-order valence-electron chi connectivity index (χ4n) is 4.49. The molecule has 1 saturated heterocycles. The van der Waals surface area contributed by atoms with E-state index in [0.29, 0.717) is 31.0 Å². The zero-order valence-corrected chi connectivity index (χ0v) is 22.4. The van der Waals surface area contributed by atoms with Crippen LogP contribution in [0.2, 0.25) is 0 Å². The number of hydrogen-bond acceptors (Lipinski definition) is 6. The van der Waals surface area contributed by atoms with Gasteiger partial charge < -0.3 is 24.4 Å². The molecule has 2 aromatic carbocycles. The Morgan fingerprint density at radius 1 is 1.17 bits per heavy atom. The average Bonchev–Trinajstić information content (AvgIpc) is 3.10. The highest BCUT2D eigenvalue weighted by Crippen LogP contribution is 2.42. The van der Waals surface area contributed by atoms with Crippen molar-refractivity contribution in [3.63, 3.8) is 0 Å². The molecule has 0 radical (unpaired) electrons. The molecule has 1 amide bonds. The number of carbonyl (C=O) groups excluding carboxylic acids is 2. The minimum absolute atomic E-state index is 0.0920. The van der Waals surface area contributed by atoms with E-state index in [9.17, 15) is 14.7 Å². The lowest BCUT2D eigenvalue weighted by atomic mass is 9.91. The van der Waals surface area contributed by atoms with Gasteiger partial charge >= 0.3 is 0 Å². The Hall–Kier alpha value is -3.32. The maximum absolute atomic E-state index is 13.4. The Labute approximate surface area is 214 Å². The van der Waals surface area contributed by atoms with Crippen LogP contribution in [0.5, 0.6) is 11.5 Å². The summed E-state index contributed by atoms with van der Waals surface area (Å²) in [5.74, 6) is 0.0551. The fourth-order valence-corrected chi connectivity index (χ4v) is 4.49. The van der Waals surface area contributed by atoms with E-state index in [4.69, 9.17) is 9.47 Å². The highest BCUT2D eigenvalue weighted by Gasteiger charge is 2.46. The number of likely N-dealkylation sites (N-methyl/N-ethyl adjacent to an activating group) is 1. The molecule has 1 atom stereocenters. The summed E-state index contributed by atoms with van der Waals surface area (Å²) in [7, 11) is 5.45. The fraction of sp³-hybridized carbons (Fsp3) is 0.448. The Bertz CT molecular complexity index is 1150. The molecule has 7 heteroatoms. The van der Waals surface area contributed by atoms with E-state index in [-0.39, 0.29) is 17.3 Å². The number of nitrogens with zero attached hydrogens (tertiary/aromatic N) is 2. The average molecular weight is 495 g/mol. The van der Waals surface area contributed by atoms with E-state index in [2.05, 4.69) is 0 Å². The number of rotatable bonds is 10. The maximum atomic E-state index is 13.4. The number of likely N-dealkylation sites (tertiary alicyclic amines) is 1. The lowest BCUT2D eigenvalue weighted by molar-refractivity contribution is -0.140. The van der Waals surface area contributed by atoms with Gasteiger partial charge in [-0.2, -0.15) is 0 Å². The van der Waals surface area contributed by atoms with Gasteiger partial charge in [-0.1, -0.05) is 32.9 Å². The zero-order valence-electron chi connectivity index (χ0n) is 22.4. The molecule has 0 bridgehead atoms. The van der Waals surface area contributed by atoms with Crippen molar-refractivity contribution < 1.29 is 24.2 Å². The van der Waals surface area contributed by atoms with E-state index >= 15 is 0 Å². The number of amides is 1. The lowest BCUT2D eigenvalue weighted by Gasteiger charge is -2.27. The number of aliphatic hydroxyl groups excluding tert-OH is 1. The summed E-state index contributed by atoms with van der Waals surface area (Å²) in [6.45, 7) is 9.46. The molecular weight excluding hydrogens is 456 g/mol. The van der Waals surface area contributed by atoms with Crippen molar-refractivity contribution in [1.29, 1.82) is 0 Å². The van der Waals surface area contributed by atoms with Gasteiger partial charge in [-0.15, -0.1) is 0 Å². The van der Waals surface area contributed by atoms with Crippen LogP contribution in [-0.2, 0) is 9.59 Å². The topological polar surface area (TPSA) is 79.3 Å². The number of benzene rings is 2. The van der Waals surface area contributed by atoms with Crippen molar-refractivity contribution in [3.05, 3.63) is 64.2 Å². The Morgan fingerprint density at radius 3 is 2.50 bits per heavy atom. The molecule has 1 aliphatic heterocycles. The number of hydrogen-bond donors (Lipinski definition) is 1. The molecule has 1 aliphatic rings. The molecule has 194 valence electrons. The van der Waals surface area contributed by atoms with Gasteiger partial charge in [0.15, 0.2) is 0 Å². The first kappa shape index (κ1) is 27.3. The summed E-state index contributed by atoms with van der Waals surface area (Å²) in [4.78, 5) is 30.1. The smallest absolute Gasteiger partial charge is 0.295 e. The van der Waals surface area contributed by atoms with Gasteiger partial charge in [0, 0.05) is 18.7 Å². The third-order valence-corrected chi connectivity index (χ3v) is 6.43.